The number of anilines is 1. The molecule has 116 valence electrons. The van der Waals surface area contributed by atoms with Gasteiger partial charge in [0.1, 0.15) is 5.00 Å². The molecule has 1 heterocycles. The maximum absolute atomic E-state index is 12.4. The molecule has 0 aliphatic heterocycles. The van der Waals surface area contributed by atoms with Crippen LogP contribution in [0.4, 0.5) is 5.00 Å². The summed E-state index contributed by atoms with van der Waals surface area (Å²) in [4.78, 5) is 25.6. The van der Waals surface area contributed by atoms with Gasteiger partial charge in [-0.15, -0.1) is 11.3 Å². The van der Waals surface area contributed by atoms with Crippen molar-refractivity contribution in [2.24, 2.45) is 11.7 Å². The van der Waals surface area contributed by atoms with Gasteiger partial charge in [0, 0.05) is 23.9 Å². The fraction of sp³-hybridized carbons (Fsp3) is 0.600. The zero-order valence-electron chi connectivity index (χ0n) is 12.6. The van der Waals surface area contributed by atoms with Crippen LogP contribution >= 0.6 is 11.3 Å². The van der Waals surface area contributed by atoms with Gasteiger partial charge in [-0.25, -0.2) is 0 Å². The van der Waals surface area contributed by atoms with Gasteiger partial charge in [-0.2, -0.15) is 0 Å². The number of nitrogens with one attached hydrogen (secondary N) is 2. The van der Waals surface area contributed by atoms with E-state index in [2.05, 4.69) is 10.6 Å². The first kappa shape index (κ1) is 16.0. The highest BCUT2D eigenvalue weighted by Gasteiger charge is 2.26. The van der Waals surface area contributed by atoms with Crippen LogP contribution in [-0.2, 0) is 17.6 Å². The second-order valence-corrected chi connectivity index (χ2v) is 6.71. The van der Waals surface area contributed by atoms with E-state index in [4.69, 9.17) is 5.73 Å². The standard InChI is InChI=1S/C15H23N3O2S/c1-9(2)13(19)18-15-12(14(20)17-8-7-16)10-5-3-4-6-11(10)21-15/h9H,3-8,16H2,1-2H3,(H,17,20)(H,18,19). The molecule has 1 aliphatic rings. The Kier molecular flexibility index (Phi) is 5.36. The van der Waals surface area contributed by atoms with Gasteiger partial charge in [-0.3, -0.25) is 9.59 Å². The topological polar surface area (TPSA) is 84.2 Å². The Morgan fingerprint density at radius 2 is 2.00 bits per heavy atom. The summed E-state index contributed by atoms with van der Waals surface area (Å²) in [6.07, 6.45) is 4.15. The molecule has 0 bridgehead atoms. The minimum atomic E-state index is -0.126. The van der Waals surface area contributed by atoms with Crippen LogP contribution in [0, 0.1) is 5.92 Å². The van der Waals surface area contributed by atoms with Crippen LogP contribution in [-0.4, -0.2) is 24.9 Å². The number of aryl methyl sites for hydroxylation is 1. The Morgan fingerprint density at radius 1 is 1.29 bits per heavy atom. The fourth-order valence-corrected chi connectivity index (χ4v) is 3.71. The highest BCUT2D eigenvalue weighted by molar-refractivity contribution is 7.17. The fourth-order valence-electron chi connectivity index (χ4n) is 2.42. The van der Waals surface area contributed by atoms with E-state index in [1.807, 2.05) is 13.8 Å². The Hall–Kier alpha value is -1.40. The molecule has 6 heteroatoms. The lowest BCUT2D eigenvalue weighted by molar-refractivity contribution is -0.118. The van der Waals surface area contributed by atoms with Gasteiger partial charge < -0.3 is 16.4 Å². The first-order valence-electron chi connectivity index (χ1n) is 7.48. The van der Waals surface area contributed by atoms with Crippen molar-refractivity contribution in [2.75, 3.05) is 18.4 Å². The summed E-state index contributed by atoms with van der Waals surface area (Å²) in [5.74, 6) is -0.288. The number of hydrogen-bond acceptors (Lipinski definition) is 4. The van der Waals surface area contributed by atoms with E-state index >= 15 is 0 Å². The molecule has 0 unspecified atom stereocenters. The smallest absolute Gasteiger partial charge is 0.254 e. The number of carbonyl (C=O) groups is 2. The highest BCUT2D eigenvalue weighted by Crippen LogP contribution is 2.38. The molecule has 1 aliphatic carbocycles. The minimum Gasteiger partial charge on any atom is -0.351 e. The van der Waals surface area contributed by atoms with E-state index in [-0.39, 0.29) is 17.7 Å². The summed E-state index contributed by atoms with van der Waals surface area (Å²) in [5.41, 5.74) is 7.21. The number of nitrogens with two attached hydrogens (primary N) is 1. The molecule has 0 radical (unpaired) electrons. The van der Waals surface area contributed by atoms with Crippen molar-refractivity contribution in [1.29, 1.82) is 0 Å². The SMILES string of the molecule is CC(C)C(=O)Nc1sc2c(c1C(=O)NCCN)CCCC2. The van der Waals surface area contributed by atoms with E-state index in [0.29, 0.717) is 23.7 Å². The third-order valence-corrected chi connectivity index (χ3v) is 4.80. The number of fused-ring (bicyclic) bond motifs is 1. The van der Waals surface area contributed by atoms with Crippen molar-refractivity contribution in [3.8, 4) is 0 Å². The highest BCUT2D eigenvalue weighted by atomic mass is 32.1. The molecule has 2 rings (SSSR count). The maximum Gasteiger partial charge on any atom is 0.254 e. The molecule has 0 saturated heterocycles. The molecular weight excluding hydrogens is 286 g/mol. The van der Waals surface area contributed by atoms with Crippen molar-refractivity contribution in [3.05, 3.63) is 16.0 Å². The van der Waals surface area contributed by atoms with Gasteiger partial charge in [0.25, 0.3) is 5.91 Å². The van der Waals surface area contributed by atoms with Gasteiger partial charge in [-0.1, -0.05) is 13.8 Å². The first-order valence-corrected chi connectivity index (χ1v) is 8.30. The average molecular weight is 309 g/mol. The third kappa shape index (κ3) is 3.63. The molecule has 4 N–H and O–H groups in total. The average Bonchev–Trinajstić information content (AvgIpc) is 2.82. The van der Waals surface area contributed by atoms with Gasteiger partial charge in [0.15, 0.2) is 0 Å². The van der Waals surface area contributed by atoms with Crippen LogP contribution < -0.4 is 16.4 Å². The van der Waals surface area contributed by atoms with Gasteiger partial charge in [0.05, 0.1) is 5.56 Å². The Labute approximate surface area is 129 Å². The maximum atomic E-state index is 12.4. The molecule has 0 spiro atoms. The van der Waals surface area contributed by atoms with E-state index < -0.39 is 0 Å². The lowest BCUT2D eigenvalue weighted by Gasteiger charge is -2.13. The summed E-state index contributed by atoms with van der Waals surface area (Å²) in [7, 11) is 0. The van der Waals surface area contributed by atoms with E-state index in [0.717, 1.165) is 31.2 Å². The Bertz CT molecular complexity index is 537. The molecule has 0 aromatic carbocycles. The number of hydrogen-bond donors (Lipinski definition) is 3. The lowest BCUT2D eigenvalue weighted by Crippen LogP contribution is -2.30. The zero-order chi connectivity index (χ0) is 15.4. The zero-order valence-corrected chi connectivity index (χ0v) is 13.4. The predicted molar refractivity (Wildman–Crippen MR) is 85.8 cm³/mol. The molecule has 0 atom stereocenters. The molecule has 21 heavy (non-hydrogen) atoms. The van der Waals surface area contributed by atoms with E-state index in [1.54, 1.807) is 11.3 Å². The minimum absolute atomic E-state index is 0.0542. The van der Waals surface area contributed by atoms with E-state index in [9.17, 15) is 9.59 Å². The summed E-state index contributed by atoms with van der Waals surface area (Å²) >= 11 is 1.55. The molecular formula is C15H23N3O2S. The third-order valence-electron chi connectivity index (χ3n) is 3.59. The number of thiophene rings is 1. The van der Waals surface area contributed by atoms with Gasteiger partial charge >= 0.3 is 0 Å². The second-order valence-electron chi connectivity index (χ2n) is 5.60. The molecule has 5 nitrogen and oxygen atoms in total. The largest absolute Gasteiger partial charge is 0.351 e. The number of carbonyl (C=O) groups excluding carboxylic acids is 2. The first-order chi connectivity index (χ1) is 10.0. The van der Waals surface area contributed by atoms with Crippen molar-refractivity contribution < 1.29 is 9.59 Å². The van der Waals surface area contributed by atoms with Crippen LogP contribution in [0.25, 0.3) is 0 Å². The monoisotopic (exact) mass is 309 g/mol. The van der Waals surface area contributed by atoms with Crippen molar-refractivity contribution in [3.63, 3.8) is 0 Å². The van der Waals surface area contributed by atoms with Crippen LogP contribution in [0.15, 0.2) is 0 Å². The van der Waals surface area contributed by atoms with Crippen LogP contribution in [0.3, 0.4) is 0 Å². The van der Waals surface area contributed by atoms with Crippen molar-refractivity contribution >= 4 is 28.2 Å². The van der Waals surface area contributed by atoms with E-state index in [1.165, 1.54) is 4.88 Å². The summed E-state index contributed by atoms with van der Waals surface area (Å²) in [5, 5.41) is 6.42. The molecule has 0 saturated carbocycles. The Morgan fingerprint density at radius 3 is 2.67 bits per heavy atom. The molecule has 1 aromatic heterocycles. The predicted octanol–water partition coefficient (Wildman–Crippen LogP) is 1.91. The van der Waals surface area contributed by atoms with Crippen molar-refractivity contribution in [2.45, 2.75) is 39.5 Å². The number of rotatable bonds is 5. The summed E-state index contributed by atoms with van der Waals surface area (Å²) in [6.45, 7) is 4.54. The Balaban J connectivity index is 2.32. The normalized spacial score (nSPS) is 13.9. The molecule has 0 fully saturated rings. The lowest BCUT2D eigenvalue weighted by atomic mass is 9.95. The quantitative estimate of drug-likeness (QED) is 0.777. The van der Waals surface area contributed by atoms with Crippen molar-refractivity contribution in [1.82, 2.24) is 5.32 Å². The second kappa shape index (κ2) is 7.04. The summed E-state index contributed by atoms with van der Waals surface area (Å²) < 4.78 is 0. The molecule has 2 amide bonds. The molecule has 1 aromatic rings. The number of amides is 2. The summed E-state index contributed by atoms with van der Waals surface area (Å²) in [6, 6.07) is 0. The van der Waals surface area contributed by atoms with Crippen LogP contribution in [0.1, 0.15) is 47.5 Å². The van der Waals surface area contributed by atoms with Crippen LogP contribution in [0.2, 0.25) is 0 Å². The van der Waals surface area contributed by atoms with Crippen LogP contribution in [0.5, 0.6) is 0 Å². The van der Waals surface area contributed by atoms with Gasteiger partial charge in [-0.05, 0) is 31.2 Å². The van der Waals surface area contributed by atoms with Gasteiger partial charge in [0.2, 0.25) is 5.91 Å².